The Morgan fingerprint density at radius 1 is 1.23 bits per heavy atom. The van der Waals surface area contributed by atoms with Crippen LogP contribution >= 0.6 is 11.6 Å². The van der Waals surface area contributed by atoms with E-state index in [4.69, 9.17) is 11.6 Å². The number of hydrogen-bond acceptors (Lipinski definition) is 3. The highest BCUT2D eigenvalue weighted by Gasteiger charge is 2.22. The molecule has 1 aliphatic rings. The number of amides is 2. The van der Waals surface area contributed by atoms with Crippen molar-refractivity contribution in [1.29, 1.82) is 0 Å². The molecule has 0 unspecified atom stereocenters. The molecular weight excluding hydrogens is 361 g/mol. The number of nitrogens with one attached hydrogen (secondary N) is 1. The second kappa shape index (κ2) is 7.29. The quantitative estimate of drug-likeness (QED) is 0.893. The van der Waals surface area contributed by atoms with E-state index in [9.17, 15) is 18.8 Å². The summed E-state index contributed by atoms with van der Waals surface area (Å²) in [5, 5.41) is 2.30. The van der Waals surface area contributed by atoms with Crippen molar-refractivity contribution in [2.75, 3.05) is 18.4 Å². The largest absolute Gasteiger partial charge is 0.339 e. The summed E-state index contributed by atoms with van der Waals surface area (Å²) < 4.78 is 15.1. The van der Waals surface area contributed by atoms with Crippen molar-refractivity contribution >= 4 is 29.1 Å². The van der Waals surface area contributed by atoms with E-state index >= 15 is 0 Å². The molecule has 1 aliphatic heterocycles. The predicted molar refractivity (Wildman–Crippen MR) is 96.2 cm³/mol. The standard InChI is InChI=1S/C18H17ClFN3O3/c1-22-10-11(17(25)23-7-2-3-8-23)9-14(18(22)26)21-16(24)15-12(19)5-4-6-13(15)20/h4-6,9-10H,2-3,7-8H2,1H3,(H,21,24). The summed E-state index contributed by atoms with van der Waals surface area (Å²) in [6.07, 6.45) is 3.30. The fourth-order valence-electron chi connectivity index (χ4n) is 2.92. The number of aromatic nitrogens is 1. The minimum atomic E-state index is -0.851. The number of anilines is 1. The van der Waals surface area contributed by atoms with Crippen LogP contribution in [0.3, 0.4) is 0 Å². The molecule has 6 nitrogen and oxygen atoms in total. The van der Waals surface area contributed by atoms with Crippen molar-refractivity contribution < 1.29 is 14.0 Å². The maximum atomic E-state index is 13.9. The van der Waals surface area contributed by atoms with Crippen molar-refractivity contribution in [1.82, 2.24) is 9.47 Å². The predicted octanol–water partition coefficient (Wildman–Crippen LogP) is 2.67. The van der Waals surface area contributed by atoms with Gasteiger partial charge in [0.25, 0.3) is 17.4 Å². The molecule has 0 saturated carbocycles. The van der Waals surface area contributed by atoms with Crippen molar-refractivity contribution in [2.45, 2.75) is 12.8 Å². The number of likely N-dealkylation sites (tertiary alicyclic amines) is 1. The molecule has 3 rings (SSSR count). The first-order valence-corrected chi connectivity index (χ1v) is 8.51. The number of hydrogen-bond donors (Lipinski definition) is 1. The van der Waals surface area contributed by atoms with Gasteiger partial charge >= 0.3 is 0 Å². The molecule has 0 radical (unpaired) electrons. The molecule has 2 aromatic rings. The van der Waals surface area contributed by atoms with Crippen LogP contribution in [0.5, 0.6) is 0 Å². The molecule has 1 aromatic carbocycles. The Labute approximate surface area is 154 Å². The van der Waals surface area contributed by atoms with Gasteiger partial charge in [-0.3, -0.25) is 14.4 Å². The molecule has 0 aliphatic carbocycles. The molecule has 1 N–H and O–H groups in total. The summed E-state index contributed by atoms with van der Waals surface area (Å²) in [6, 6.07) is 5.18. The molecule has 1 aromatic heterocycles. The fraction of sp³-hybridized carbons (Fsp3) is 0.278. The fourth-order valence-corrected chi connectivity index (χ4v) is 3.17. The number of halogens is 2. The van der Waals surface area contributed by atoms with Crippen LogP contribution < -0.4 is 10.9 Å². The zero-order valence-corrected chi connectivity index (χ0v) is 14.8. The first-order valence-electron chi connectivity index (χ1n) is 8.14. The number of pyridine rings is 1. The monoisotopic (exact) mass is 377 g/mol. The Kier molecular flexibility index (Phi) is 5.08. The van der Waals surface area contributed by atoms with Crippen LogP contribution in [-0.4, -0.2) is 34.4 Å². The normalized spacial score (nSPS) is 13.7. The summed E-state index contributed by atoms with van der Waals surface area (Å²) in [7, 11) is 1.48. The number of rotatable bonds is 3. The van der Waals surface area contributed by atoms with E-state index in [2.05, 4.69) is 5.32 Å². The number of carbonyl (C=O) groups is 2. The number of aryl methyl sites for hydroxylation is 1. The van der Waals surface area contributed by atoms with Gasteiger partial charge in [0.1, 0.15) is 11.5 Å². The maximum Gasteiger partial charge on any atom is 0.274 e. The molecular formula is C18H17ClFN3O3. The van der Waals surface area contributed by atoms with E-state index < -0.39 is 17.3 Å². The topological polar surface area (TPSA) is 71.4 Å². The number of benzene rings is 1. The third-order valence-electron chi connectivity index (χ3n) is 4.26. The lowest BCUT2D eigenvalue weighted by Gasteiger charge is -2.16. The van der Waals surface area contributed by atoms with E-state index in [1.54, 1.807) is 4.90 Å². The smallest absolute Gasteiger partial charge is 0.274 e. The zero-order chi connectivity index (χ0) is 18.8. The number of carbonyl (C=O) groups excluding carboxylic acids is 2. The molecule has 0 spiro atoms. The average Bonchev–Trinajstić information content (AvgIpc) is 3.12. The summed E-state index contributed by atoms with van der Waals surface area (Å²) in [4.78, 5) is 38.9. The lowest BCUT2D eigenvalue weighted by atomic mass is 10.2. The highest BCUT2D eigenvalue weighted by molar-refractivity contribution is 6.34. The number of nitrogens with zero attached hydrogens (tertiary/aromatic N) is 2. The summed E-state index contributed by atoms with van der Waals surface area (Å²) in [5.41, 5.74) is -0.693. The second-order valence-corrected chi connectivity index (χ2v) is 6.52. The molecule has 26 heavy (non-hydrogen) atoms. The van der Waals surface area contributed by atoms with Crippen LogP contribution in [-0.2, 0) is 7.05 Å². The van der Waals surface area contributed by atoms with Crippen LogP contribution in [0.2, 0.25) is 5.02 Å². The molecule has 0 bridgehead atoms. The Morgan fingerprint density at radius 2 is 1.92 bits per heavy atom. The van der Waals surface area contributed by atoms with Crippen molar-refractivity contribution in [3.8, 4) is 0 Å². The van der Waals surface area contributed by atoms with E-state index in [1.165, 1.54) is 36.0 Å². The summed E-state index contributed by atoms with van der Waals surface area (Å²) in [6.45, 7) is 1.32. The van der Waals surface area contributed by atoms with Crippen LogP contribution in [0.15, 0.2) is 35.3 Å². The van der Waals surface area contributed by atoms with Crippen LogP contribution in [0.4, 0.5) is 10.1 Å². The minimum absolute atomic E-state index is 0.0661. The Bertz CT molecular complexity index is 916. The maximum absolute atomic E-state index is 13.9. The molecule has 0 atom stereocenters. The first-order chi connectivity index (χ1) is 12.4. The Morgan fingerprint density at radius 3 is 2.58 bits per heavy atom. The molecule has 1 saturated heterocycles. The van der Waals surface area contributed by atoms with Gasteiger partial charge in [-0.1, -0.05) is 17.7 Å². The van der Waals surface area contributed by atoms with Crippen molar-refractivity contribution in [3.05, 3.63) is 62.8 Å². The van der Waals surface area contributed by atoms with E-state index in [0.29, 0.717) is 13.1 Å². The Balaban J connectivity index is 1.93. The van der Waals surface area contributed by atoms with Crippen LogP contribution in [0, 0.1) is 5.82 Å². The highest BCUT2D eigenvalue weighted by Crippen LogP contribution is 2.20. The molecule has 1 fully saturated rings. The van der Waals surface area contributed by atoms with Crippen molar-refractivity contribution in [3.63, 3.8) is 0 Å². The third kappa shape index (κ3) is 3.48. The molecule has 136 valence electrons. The summed E-state index contributed by atoms with van der Waals surface area (Å²) >= 11 is 5.88. The van der Waals surface area contributed by atoms with Gasteiger partial charge in [-0.05, 0) is 31.0 Å². The first kappa shape index (κ1) is 18.1. The SMILES string of the molecule is Cn1cc(C(=O)N2CCCC2)cc(NC(=O)c2c(F)cccc2Cl)c1=O. The lowest BCUT2D eigenvalue weighted by Crippen LogP contribution is -2.31. The van der Waals surface area contributed by atoms with E-state index in [-0.39, 0.29) is 27.7 Å². The molecule has 8 heteroatoms. The summed E-state index contributed by atoms with van der Waals surface area (Å²) in [5.74, 6) is -1.86. The van der Waals surface area contributed by atoms with Gasteiger partial charge in [0.15, 0.2) is 0 Å². The van der Waals surface area contributed by atoms with E-state index in [1.807, 2.05) is 0 Å². The van der Waals surface area contributed by atoms with Crippen LogP contribution in [0.25, 0.3) is 0 Å². The zero-order valence-electron chi connectivity index (χ0n) is 14.1. The van der Waals surface area contributed by atoms with E-state index in [0.717, 1.165) is 18.9 Å². The van der Waals surface area contributed by atoms with Gasteiger partial charge in [-0.15, -0.1) is 0 Å². The van der Waals surface area contributed by atoms with Gasteiger partial charge in [-0.25, -0.2) is 4.39 Å². The molecule has 2 heterocycles. The minimum Gasteiger partial charge on any atom is -0.339 e. The van der Waals surface area contributed by atoms with Crippen LogP contribution in [0.1, 0.15) is 33.6 Å². The lowest BCUT2D eigenvalue weighted by molar-refractivity contribution is 0.0791. The van der Waals surface area contributed by atoms with Gasteiger partial charge in [0, 0.05) is 26.3 Å². The van der Waals surface area contributed by atoms with Gasteiger partial charge < -0.3 is 14.8 Å². The van der Waals surface area contributed by atoms with Gasteiger partial charge in [-0.2, -0.15) is 0 Å². The Hall–Kier alpha value is -2.67. The third-order valence-corrected chi connectivity index (χ3v) is 4.58. The van der Waals surface area contributed by atoms with Gasteiger partial charge in [0.2, 0.25) is 0 Å². The highest BCUT2D eigenvalue weighted by atomic mass is 35.5. The van der Waals surface area contributed by atoms with Gasteiger partial charge in [0.05, 0.1) is 16.1 Å². The average molecular weight is 378 g/mol. The second-order valence-electron chi connectivity index (χ2n) is 6.11. The molecule has 2 amide bonds. The van der Waals surface area contributed by atoms with Crippen molar-refractivity contribution in [2.24, 2.45) is 7.05 Å².